The second-order valence-corrected chi connectivity index (χ2v) is 2.43. The molecule has 0 saturated heterocycles. The lowest BCUT2D eigenvalue weighted by Gasteiger charge is -2.10. The zero-order valence-corrected chi connectivity index (χ0v) is 6.41. The van der Waals surface area contributed by atoms with Gasteiger partial charge in [-0.25, -0.2) is 0 Å². The molecule has 0 rings (SSSR count). The van der Waals surface area contributed by atoms with Crippen LogP contribution in [0.25, 0.3) is 0 Å². The first-order valence-corrected chi connectivity index (χ1v) is 3.56. The van der Waals surface area contributed by atoms with Crippen molar-refractivity contribution in [3.63, 3.8) is 0 Å². The van der Waals surface area contributed by atoms with E-state index in [1.54, 1.807) is 0 Å². The molecule has 1 N–H and O–H groups in total. The third-order valence-electron chi connectivity index (χ3n) is 1.66. The van der Waals surface area contributed by atoms with Gasteiger partial charge in [0.15, 0.2) is 0 Å². The van der Waals surface area contributed by atoms with Gasteiger partial charge < -0.3 is 5.41 Å². The lowest BCUT2D eigenvalue weighted by Crippen LogP contribution is -2.07. The van der Waals surface area contributed by atoms with Gasteiger partial charge in [0, 0.05) is 5.71 Å². The fourth-order valence-corrected chi connectivity index (χ4v) is 0.973. The molecule has 0 aromatic rings. The fraction of sp³-hybridized carbons (Fsp3) is 0.750. The van der Waals surface area contributed by atoms with E-state index in [0.29, 0.717) is 5.92 Å². The van der Waals surface area contributed by atoms with Gasteiger partial charge in [-0.3, -0.25) is 0 Å². The van der Waals surface area contributed by atoms with Crippen LogP contribution in [0.5, 0.6) is 0 Å². The summed E-state index contributed by atoms with van der Waals surface area (Å²) in [6.07, 6.45) is 3.12. The highest BCUT2D eigenvalue weighted by molar-refractivity contribution is 5.81. The summed E-state index contributed by atoms with van der Waals surface area (Å²) in [7, 11) is 0. The Balaban J connectivity index is 3.54. The van der Waals surface area contributed by atoms with Crippen molar-refractivity contribution in [2.75, 3.05) is 0 Å². The number of nitrogens with one attached hydrogen (secondary N) is 1. The quantitative estimate of drug-likeness (QED) is 0.560. The van der Waals surface area contributed by atoms with E-state index in [9.17, 15) is 0 Å². The average molecular weight is 126 g/mol. The summed E-state index contributed by atoms with van der Waals surface area (Å²) in [5.74, 6) is 0.488. The third-order valence-corrected chi connectivity index (χ3v) is 1.66. The molecule has 0 fully saturated rings. The molecule has 0 aromatic heterocycles. The maximum Gasteiger partial charge on any atom is 0.00890 e. The van der Waals surface area contributed by atoms with Crippen molar-refractivity contribution < 1.29 is 0 Å². The smallest absolute Gasteiger partial charge is 0.00890 e. The monoisotopic (exact) mass is 126 g/mol. The first-order chi connectivity index (χ1) is 4.22. The van der Waals surface area contributed by atoms with Gasteiger partial charge in [-0.15, -0.1) is 0 Å². The Hall–Kier alpha value is -0.330. The summed E-state index contributed by atoms with van der Waals surface area (Å²) in [5.41, 5.74) is 0.807. The molecule has 0 aliphatic heterocycles. The highest BCUT2D eigenvalue weighted by Crippen LogP contribution is 2.10. The predicted octanol–water partition coefficient (Wildman–Crippen LogP) is 2.67. The van der Waals surface area contributed by atoms with Crippen LogP contribution in [0.1, 0.15) is 33.1 Å². The fourth-order valence-electron chi connectivity index (χ4n) is 0.973. The summed E-state index contributed by atoms with van der Waals surface area (Å²) in [6.45, 7) is 7.76. The molecule has 0 aliphatic rings. The molecule has 1 nitrogen and oxygen atoms in total. The standard InChI is InChI=1S/C8H16N/c1-4-6-8(5-2)7(3)9/h8-9H,1,4-6H2,2-3H3. The summed E-state index contributed by atoms with van der Waals surface area (Å²) in [6, 6.07) is 0. The zero-order chi connectivity index (χ0) is 7.28. The van der Waals surface area contributed by atoms with Crippen LogP contribution < -0.4 is 0 Å². The molecule has 0 heterocycles. The molecule has 1 radical (unpaired) electrons. The topological polar surface area (TPSA) is 23.9 Å². The lowest BCUT2D eigenvalue weighted by atomic mass is 9.96. The van der Waals surface area contributed by atoms with Gasteiger partial charge in [0.25, 0.3) is 0 Å². The molecular formula is C8H16N. The van der Waals surface area contributed by atoms with E-state index in [0.717, 1.165) is 25.0 Å². The molecule has 0 spiro atoms. The van der Waals surface area contributed by atoms with Gasteiger partial charge in [-0.05, 0) is 25.7 Å². The van der Waals surface area contributed by atoms with E-state index in [4.69, 9.17) is 5.41 Å². The van der Waals surface area contributed by atoms with Gasteiger partial charge in [-0.2, -0.15) is 0 Å². The third kappa shape index (κ3) is 3.28. The van der Waals surface area contributed by atoms with Crippen molar-refractivity contribution in [2.24, 2.45) is 5.92 Å². The molecule has 0 saturated carbocycles. The maximum atomic E-state index is 7.33. The first kappa shape index (κ1) is 8.67. The van der Waals surface area contributed by atoms with E-state index < -0.39 is 0 Å². The van der Waals surface area contributed by atoms with Crippen LogP contribution in [0.4, 0.5) is 0 Å². The highest BCUT2D eigenvalue weighted by atomic mass is 14.4. The molecule has 53 valence electrons. The van der Waals surface area contributed by atoms with Gasteiger partial charge in [0.05, 0.1) is 0 Å². The van der Waals surface area contributed by atoms with Crippen molar-refractivity contribution in [2.45, 2.75) is 33.1 Å². The van der Waals surface area contributed by atoms with Crippen molar-refractivity contribution in [3.8, 4) is 0 Å². The molecule has 0 aliphatic carbocycles. The molecule has 1 heteroatoms. The van der Waals surface area contributed by atoms with Gasteiger partial charge in [0.1, 0.15) is 0 Å². The second kappa shape index (κ2) is 4.54. The maximum absolute atomic E-state index is 7.33. The molecule has 9 heavy (non-hydrogen) atoms. The van der Waals surface area contributed by atoms with Crippen LogP contribution >= 0.6 is 0 Å². The molecule has 0 bridgehead atoms. The SMILES string of the molecule is [CH2]CCC(CC)C(C)=N. The number of hydrogen-bond donors (Lipinski definition) is 1. The second-order valence-electron chi connectivity index (χ2n) is 2.43. The van der Waals surface area contributed by atoms with E-state index >= 15 is 0 Å². The molecule has 1 atom stereocenters. The van der Waals surface area contributed by atoms with Crippen molar-refractivity contribution >= 4 is 5.71 Å². The Morgan fingerprint density at radius 2 is 2.22 bits per heavy atom. The summed E-state index contributed by atoms with van der Waals surface area (Å²) < 4.78 is 0. The van der Waals surface area contributed by atoms with E-state index in [1.165, 1.54) is 0 Å². The van der Waals surface area contributed by atoms with E-state index in [2.05, 4.69) is 13.8 Å². The van der Waals surface area contributed by atoms with Crippen molar-refractivity contribution in [1.29, 1.82) is 5.41 Å². The van der Waals surface area contributed by atoms with Crippen LogP contribution in [0, 0.1) is 18.3 Å². The highest BCUT2D eigenvalue weighted by Gasteiger charge is 2.05. The Morgan fingerprint density at radius 3 is 2.33 bits per heavy atom. The van der Waals surface area contributed by atoms with Crippen LogP contribution in [0.15, 0.2) is 0 Å². The van der Waals surface area contributed by atoms with Gasteiger partial charge in [0.2, 0.25) is 0 Å². The minimum atomic E-state index is 0.488. The molecular weight excluding hydrogens is 110 g/mol. The first-order valence-electron chi connectivity index (χ1n) is 3.56. The van der Waals surface area contributed by atoms with Crippen LogP contribution in [0.3, 0.4) is 0 Å². The van der Waals surface area contributed by atoms with Crippen molar-refractivity contribution in [3.05, 3.63) is 6.92 Å². The Labute approximate surface area is 58.0 Å². The number of hydrogen-bond acceptors (Lipinski definition) is 1. The lowest BCUT2D eigenvalue weighted by molar-refractivity contribution is 0.606. The Bertz CT molecular complexity index is 86.6. The van der Waals surface area contributed by atoms with Gasteiger partial charge >= 0.3 is 0 Å². The Morgan fingerprint density at radius 1 is 1.67 bits per heavy atom. The van der Waals surface area contributed by atoms with Crippen molar-refractivity contribution in [1.82, 2.24) is 0 Å². The van der Waals surface area contributed by atoms with Crippen LogP contribution in [-0.2, 0) is 0 Å². The van der Waals surface area contributed by atoms with E-state index in [1.807, 2.05) is 6.92 Å². The molecule has 1 unspecified atom stereocenters. The minimum Gasteiger partial charge on any atom is -0.310 e. The summed E-state index contributed by atoms with van der Waals surface area (Å²) in [5, 5.41) is 7.33. The average Bonchev–Trinajstić information content (AvgIpc) is 1.82. The van der Waals surface area contributed by atoms with E-state index in [-0.39, 0.29) is 0 Å². The summed E-state index contributed by atoms with van der Waals surface area (Å²) >= 11 is 0. The van der Waals surface area contributed by atoms with Crippen LogP contribution in [0.2, 0.25) is 0 Å². The molecule has 0 aromatic carbocycles. The normalized spacial score (nSPS) is 13.2. The largest absolute Gasteiger partial charge is 0.310 e. The van der Waals surface area contributed by atoms with Gasteiger partial charge in [-0.1, -0.05) is 20.3 Å². The van der Waals surface area contributed by atoms with Crippen LogP contribution in [-0.4, -0.2) is 5.71 Å². The predicted molar refractivity (Wildman–Crippen MR) is 41.8 cm³/mol. The Kier molecular flexibility index (Phi) is 4.37. The zero-order valence-electron chi connectivity index (χ0n) is 6.41. The number of rotatable bonds is 4. The summed E-state index contributed by atoms with van der Waals surface area (Å²) in [4.78, 5) is 0. The molecule has 0 amide bonds. The minimum absolute atomic E-state index is 0.488.